The molecule has 0 saturated heterocycles. The van der Waals surface area contributed by atoms with Gasteiger partial charge in [-0.25, -0.2) is 0 Å². The van der Waals surface area contributed by atoms with E-state index in [0.717, 1.165) is 63.6 Å². The molecule has 0 amide bonds. The number of hydrogen-bond acceptors (Lipinski definition) is 5. The van der Waals surface area contributed by atoms with Crippen molar-refractivity contribution in [3.8, 4) is 0 Å². The summed E-state index contributed by atoms with van der Waals surface area (Å²) < 4.78 is 0. The third-order valence-electron chi connectivity index (χ3n) is 8.86. The zero-order valence-corrected chi connectivity index (χ0v) is 17.8. The molecule has 4 fully saturated rings. The van der Waals surface area contributed by atoms with Crippen molar-refractivity contribution in [2.45, 2.75) is 71.6 Å². The van der Waals surface area contributed by atoms with E-state index in [0.29, 0.717) is 42.3 Å². The van der Waals surface area contributed by atoms with Crippen molar-refractivity contribution in [1.29, 1.82) is 0 Å². The maximum absolute atomic E-state index is 13.2. The predicted molar refractivity (Wildman–Crippen MR) is 109 cm³/mol. The van der Waals surface area contributed by atoms with Crippen LogP contribution in [0.25, 0.3) is 0 Å². The van der Waals surface area contributed by atoms with Crippen molar-refractivity contribution in [1.82, 2.24) is 5.32 Å². The molecule has 4 aliphatic carbocycles. The van der Waals surface area contributed by atoms with E-state index in [2.05, 4.69) is 24.3 Å². The summed E-state index contributed by atoms with van der Waals surface area (Å²) in [7, 11) is 1.94. The zero-order chi connectivity index (χ0) is 19.9. The molecule has 28 heavy (non-hydrogen) atoms. The molecule has 156 valence electrons. The zero-order valence-electron chi connectivity index (χ0n) is 17.8. The Kier molecular flexibility index (Phi) is 5.41. The van der Waals surface area contributed by atoms with Gasteiger partial charge in [-0.1, -0.05) is 19.0 Å². The number of fused-ring (bicyclic) bond motifs is 5. The maximum Gasteiger partial charge on any atom is 0.139 e. The number of nitrogens with one attached hydrogen (secondary N) is 1. The largest absolute Gasteiger partial charge is 0.396 e. The van der Waals surface area contributed by atoms with Crippen LogP contribution in [-0.4, -0.2) is 37.5 Å². The van der Waals surface area contributed by atoms with Crippen LogP contribution in [0, 0.1) is 34.5 Å². The first-order valence-corrected chi connectivity index (χ1v) is 11.3. The number of rotatable bonds is 5. The number of hydrogen-bond donors (Lipinski definition) is 1. The fourth-order valence-corrected chi connectivity index (χ4v) is 7.15. The molecule has 0 aliphatic heterocycles. The SMILES string of the molecule is CNCCCO/N=C1/CC[C@@]2(C)[C@H](C1)C(=O)C[C@@H]1[C@@H]2CC[C@]2(C)C(=O)CC[C@@H]12. The highest BCUT2D eigenvalue weighted by Gasteiger charge is 2.62. The molecule has 1 N–H and O–H groups in total. The molecule has 0 aromatic rings. The molecule has 4 rings (SSSR count). The Bertz CT molecular complexity index is 675. The standard InChI is InChI=1S/C23H36N2O3/c1-22-9-7-15(25-28-12-4-11-24-3)13-19(22)20(26)14-16-17-5-6-21(27)23(17,2)10-8-18(16)22/h16-19,24H,4-14H2,1-3H3/b25-15-/t16-,17-,18-,19+,22+,23-/m0/s1. The third-order valence-corrected chi connectivity index (χ3v) is 8.86. The Labute approximate surface area is 169 Å². The van der Waals surface area contributed by atoms with Gasteiger partial charge in [-0.15, -0.1) is 0 Å². The normalized spacial score (nSPS) is 44.2. The summed E-state index contributed by atoms with van der Waals surface area (Å²) in [5.74, 6) is 2.36. The van der Waals surface area contributed by atoms with Crippen molar-refractivity contribution >= 4 is 17.3 Å². The molecule has 0 bridgehead atoms. The first-order chi connectivity index (χ1) is 13.4. The summed E-state index contributed by atoms with van der Waals surface area (Å²) in [6.07, 6.45) is 8.20. The van der Waals surface area contributed by atoms with Gasteiger partial charge in [-0.3, -0.25) is 9.59 Å². The summed E-state index contributed by atoms with van der Waals surface area (Å²) in [4.78, 5) is 31.3. The summed E-state index contributed by atoms with van der Waals surface area (Å²) in [6, 6.07) is 0. The fraction of sp³-hybridized carbons (Fsp3) is 0.870. The predicted octanol–water partition coefficient (Wildman–Crippen LogP) is 3.76. The lowest BCUT2D eigenvalue weighted by molar-refractivity contribution is -0.152. The second-order valence-corrected chi connectivity index (χ2v) is 10.2. The van der Waals surface area contributed by atoms with E-state index in [-0.39, 0.29) is 16.7 Å². The highest BCUT2D eigenvalue weighted by atomic mass is 16.6. The molecular formula is C23H36N2O3. The molecule has 0 unspecified atom stereocenters. The number of nitrogens with zero attached hydrogens (tertiary/aromatic N) is 1. The Balaban J connectivity index is 1.48. The van der Waals surface area contributed by atoms with Gasteiger partial charge in [-0.2, -0.15) is 0 Å². The average molecular weight is 389 g/mol. The third kappa shape index (κ3) is 3.14. The van der Waals surface area contributed by atoms with Gasteiger partial charge in [0.2, 0.25) is 0 Å². The van der Waals surface area contributed by atoms with Gasteiger partial charge in [0.1, 0.15) is 18.2 Å². The fourth-order valence-electron chi connectivity index (χ4n) is 7.15. The molecule has 0 heterocycles. The molecule has 0 aromatic carbocycles. The van der Waals surface area contributed by atoms with Crippen LogP contribution in [0.5, 0.6) is 0 Å². The van der Waals surface area contributed by atoms with Crippen LogP contribution >= 0.6 is 0 Å². The Morgan fingerprint density at radius 1 is 1.11 bits per heavy atom. The van der Waals surface area contributed by atoms with Crippen LogP contribution in [0.2, 0.25) is 0 Å². The summed E-state index contributed by atoms with van der Waals surface area (Å²) >= 11 is 0. The highest BCUT2D eigenvalue weighted by molar-refractivity contribution is 5.93. The number of ketones is 2. The quantitative estimate of drug-likeness (QED) is 0.575. The molecule has 6 atom stereocenters. The maximum atomic E-state index is 13.2. The first kappa shape index (κ1) is 20.1. The number of oxime groups is 1. The lowest BCUT2D eigenvalue weighted by Gasteiger charge is -2.58. The summed E-state index contributed by atoms with van der Waals surface area (Å²) in [5.41, 5.74) is 0.973. The van der Waals surface area contributed by atoms with Crippen LogP contribution in [0.15, 0.2) is 5.16 Å². The van der Waals surface area contributed by atoms with E-state index in [1.165, 1.54) is 0 Å². The highest BCUT2D eigenvalue weighted by Crippen LogP contribution is 2.64. The molecular weight excluding hydrogens is 352 g/mol. The lowest BCUT2D eigenvalue weighted by atomic mass is 9.45. The van der Waals surface area contributed by atoms with Crippen molar-refractivity contribution < 1.29 is 14.4 Å². The number of carbonyl (C=O) groups is 2. The van der Waals surface area contributed by atoms with Crippen LogP contribution < -0.4 is 5.32 Å². The Morgan fingerprint density at radius 3 is 2.71 bits per heavy atom. The van der Waals surface area contributed by atoms with Gasteiger partial charge in [-0.05, 0) is 81.7 Å². The first-order valence-electron chi connectivity index (χ1n) is 11.3. The van der Waals surface area contributed by atoms with Gasteiger partial charge in [0.25, 0.3) is 0 Å². The van der Waals surface area contributed by atoms with E-state index >= 15 is 0 Å². The Hall–Kier alpha value is -1.23. The summed E-state index contributed by atoms with van der Waals surface area (Å²) in [6.45, 7) is 6.09. The van der Waals surface area contributed by atoms with Gasteiger partial charge in [0, 0.05) is 24.2 Å². The smallest absolute Gasteiger partial charge is 0.139 e. The van der Waals surface area contributed by atoms with Gasteiger partial charge in [0.05, 0.1) is 5.71 Å². The van der Waals surface area contributed by atoms with Crippen molar-refractivity contribution in [3.05, 3.63) is 0 Å². The van der Waals surface area contributed by atoms with Crippen molar-refractivity contribution in [2.24, 2.45) is 39.7 Å². The molecule has 5 nitrogen and oxygen atoms in total. The molecule has 0 radical (unpaired) electrons. The molecule has 5 heteroatoms. The number of carbonyl (C=O) groups excluding carboxylic acids is 2. The van der Waals surface area contributed by atoms with Crippen molar-refractivity contribution in [2.75, 3.05) is 20.2 Å². The average Bonchev–Trinajstić information content (AvgIpc) is 2.98. The minimum absolute atomic E-state index is 0.0676. The van der Waals surface area contributed by atoms with E-state index < -0.39 is 0 Å². The van der Waals surface area contributed by atoms with E-state index in [4.69, 9.17) is 4.84 Å². The molecule has 0 aromatic heterocycles. The minimum atomic E-state index is -0.160. The summed E-state index contributed by atoms with van der Waals surface area (Å²) in [5, 5.41) is 7.49. The van der Waals surface area contributed by atoms with E-state index in [1.54, 1.807) is 0 Å². The molecule has 4 saturated carbocycles. The van der Waals surface area contributed by atoms with Crippen molar-refractivity contribution in [3.63, 3.8) is 0 Å². The topological polar surface area (TPSA) is 67.8 Å². The minimum Gasteiger partial charge on any atom is -0.396 e. The number of Topliss-reactive ketones (excluding diaryl/α,β-unsaturated/α-hetero) is 2. The molecule has 0 spiro atoms. The monoisotopic (exact) mass is 388 g/mol. The second kappa shape index (κ2) is 7.55. The second-order valence-electron chi connectivity index (χ2n) is 10.2. The van der Waals surface area contributed by atoms with Crippen LogP contribution in [0.4, 0.5) is 0 Å². The van der Waals surface area contributed by atoms with Gasteiger partial charge >= 0.3 is 0 Å². The van der Waals surface area contributed by atoms with Gasteiger partial charge in [0.15, 0.2) is 0 Å². The van der Waals surface area contributed by atoms with E-state index in [9.17, 15) is 9.59 Å². The van der Waals surface area contributed by atoms with E-state index in [1.807, 2.05) is 7.05 Å². The Morgan fingerprint density at radius 2 is 1.93 bits per heavy atom. The molecule has 4 aliphatic rings. The van der Waals surface area contributed by atoms with Gasteiger partial charge < -0.3 is 10.2 Å². The lowest BCUT2D eigenvalue weighted by Crippen LogP contribution is -2.56. The van der Waals surface area contributed by atoms with Crippen LogP contribution in [0.1, 0.15) is 71.6 Å². The van der Waals surface area contributed by atoms with Crippen LogP contribution in [-0.2, 0) is 14.4 Å². The van der Waals surface area contributed by atoms with Crippen LogP contribution in [0.3, 0.4) is 0 Å².